The molecule has 0 spiro atoms. The van der Waals surface area contributed by atoms with Gasteiger partial charge in [0.25, 0.3) is 0 Å². The van der Waals surface area contributed by atoms with Crippen LogP contribution in [-0.4, -0.2) is 36.8 Å². The number of piperidine rings is 1. The summed E-state index contributed by atoms with van der Waals surface area (Å²) in [4.78, 5) is 8.29. The SMILES string of the molecule is COc1nccnc1COC[C@H]1CCCNC1. The van der Waals surface area contributed by atoms with E-state index in [1.54, 1.807) is 19.5 Å². The molecule has 1 N–H and O–H groups in total. The fourth-order valence-electron chi connectivity index (χ4n) is 2.01. The van der Waals surface area contributed by atoms with Crippen LogP contribution in [0.3, 0.4) is 0 Å². The molecule has 2 rings (SSSR count). The van der Waals surface area contributed by atoms with Crippen molar-refractivity contribution in [3.05, 3.63) is 18.1 Å². The highest BCUT2D eigenvalue weighted by molar-refractivity contribution is 5.15. The first kappa shape index (κ1) is 12.3. The average Bonchev–Trinajstić information content (AvgIpc) is 2.40. The lowest BCUT2D eigenvalue weighted by atomic mass is 10.0. The largest absolute Gasteiger partial charge is 0.480 e. The van der Waals surface area contributed by atoms with E-state index in [1.807, 2.05) is 0 Å². The highest BCUT2D eigenvalue weighted by Gasteiger charge is 2.13. The number of ether oxygens (including phenoxy) is 2. The lowest BCUT2D eigenvalue weighted by Crippen LogP contribution is -2.32. The van der Waals surface area contributed by atoms with E-state index < -0.39 is 0 Å². The Balaban J connectivity index is 1.77. The van der Waals surface area contributed by atoms with Crippen LogP contribution in [0.25, 0.3) is 0 Å². The number of nitrogens with zero attached hydrogens (tertiary/aromatic N) is 2. The van der Waals surface area contributed by atoms with E-state index in [2.05, 4.69) is 15.3 Å². The van der Waals surface area contributed by atoms with Gasteiger partial charge in [-0.3, -0.25) is 4.98 Å². The summed E-state index contributed by atoms with van der Waals surface area (Å²) in [6.45, 7) is 3.42. The maximum atomic E-state index is 5.68. The predicted molar refractivity (Wildman–Crippen MR) is 63.8 cm³/mol. The quantitative estimate of drug-likeness (QED) is 0.828. The lowest BCUT2D eigenvalue weighted by Gasteiger charge is -2.22. The molecule has 0 aliphatic carbocycles. The van der Waals surface area contributed by atoms with Crippen molar-refractivity contribution in [1.29, 1.82) is 0 Å². The fourth-order valence-corrected chi connectivity index (χ4v) is 2.01. The molecule has 1 aliphatic rings. The third-order valence-electron chi connectivity index (χ3n) is 2.92. The Hall–Kier alpha value is -1.20. The molecule has 1 saturated heterocycles. The van der Waals surface area contributed by atoms with Crippen molar-refractivity contribution in [2.75, 3.05) is 26.8 Å². The van der Waals surface area contributed by atoms with E-state index in [0.717, 1.165) is 25.4 Å². The summed E-state index contributed by atoms with van der Waals surface area (Å²) < 4.78 is 10.8. The highest BCUT2D eigenvalue weighted by atomic mass is 16.5. The minimum atomic E-state index is 0.466. The van der Waals surface area contributed by atoms with Crippen LogP contribution in [0.2, 0.25) is 0 Å². The normalized spacial score (nSPS) is 20.2. The van der Waals surface area contributed by atoms with E-state index in [0.29, 0.717) is 18.4 Å². The Bertz CT molecular complexity index is 340. The molecule has 94 valence electrons. The summed E-state index contributed by atoms with van der Waals surface area (Å²) in [7, 11) is 1.60. The van der Waals surface area contributed by atoms with Gasteiger partial charge < -0.3 is 14.8 Å². The summed E-state index contributed by atoms with van der Waals surface area (Å²) in [6, 6.07) is 0. The molecule has 5 heteroatoms. The Kier molecular flexibility index (Phi) is 4.70. The molecule has 2 heterocycles. The maximum absolute atomic E-state index is 5.68. The monoisotopic (exact) mass is 237 g/mol. The van der Waals surface area contributed by atoms with E-state index in [9.17, 15) is 0 Å². The van der Waals surface area contributed by atoms with Crippen molar-refractivity contribution in [3.8, 4) is 5.88 Å². The zero-order chi connectivity index (χ0) is 11.9. The van der Waals surface area contributed by atoms with Crippen LogP contribution in [0, 0.1) is 5.92 Å². The van der Waals surface area contributed by atoms with Gasteiger partial charge in [-0.2, -0.15) is 0 Å². The van der Waals surface area contributed by atoms with Crippen LogP contribution in [-0.2, 0) is 11.3 Å². The molecular formula is C12H19N3O2. The van der Waals surface area contributed by atoms with Gasteiger partial charge in [-0.25, -0.2) is 4.98 Å². The zero-order valence-electron chi connectivity index (χ0n) is 10.2. The molecule has 5 nitrogen and oxygen atoms in total. The fraction of sp³-hybridized carbons (Fsp3) is 0.667. The number of aromatic nitrogens is 2. The smallest absolute Gasteiger partial charge is 0.237 e. The first-order chi connectivity index (χ1) is 8.40. The lowest BCUT2D eigenvalue weighted by molar-refractivity contribution is 0.0746. The van der Waals surface area contributed by atoms with Crippen LogP contribution >= 0.6 is 0 Å². The molecule has 1 atom stereocenters. The van der Waals surface area contributed by atoms with Gasteiger partial charge in [0, 0.05) is 18.9 Å². The second-order valence-electron chi connectivity index (χ2n) is 4.24. The van der Waals surface area contributed by atoms with Gasteiger partial charge in [0.1, 0.15) is 5.69 Å². The van der Waals surface area contributed by atoms with Crippen molar-refractivity contribution >= 4 is 0 Å². The van der Waals surface area contributed by atoms with Gasteiger partial charge in [-0.1, -0.05) is 0 Å². The molecule has 0 unspecified atom stereocenters. The number of hydrogen-bond donors (Lipinski definition) is 1. The molecule has 0 aromatic carbocycles. The maximum Gasteiger partial charge on any atom is 0.237 e. The summed E-state index contributed by atoms with van der Waals surface area (Å²) in [5, 5.41) is 3.37. The van der Waals surface area contributed by atoms with Gasteiger partial charge in [0.05, 0.1) is 20.3 Å². The van der Waals surface area contributed by atoms with Crippen molar-refractivity contribution in [2.45, 2.75) is 19.4 Å². The Morgan fingerprint density at radius 2 is 2.29 bits per heavy atom. The van der Waals surface area contributed by atoms with Crippen LogP contribution in [0.4, 0.5) is 0 Å². The molecule has 1 fully saturated rings. The molecule has 0 radical (unpaired) electrons. The van der Waals surface area contributed by atoms with Crippen LogP contribution in [0.15, 0.2) is 12.4 Å². The van der Waals surface area contributed by atoms with Crippen LogP contribution in [0.1, 0.15) is 18.5 Å². The second-order valence-corrected chi connectivity index (χ2v) is 4.24. The van der Waals surface area contributed by atoms with Gasteiger partial charge in [0.15, 0.2) is 0 Å². The molecule has 17 heavy (non-hydrogen) atoms. The van der Waals surface area contributed by atoms with E-state index in [1.165, 1.54) is 12.8 Å². The van der Waals surface area contributed by atoms with Crippen molar-refractivity contribution < 1.29 is 9.47 Å². The van der Waals surface area contributed by atoms with Crippen LogP contribution in [0.5, 0.6) is 5.88 Å². The van der Waals surface area contributed by atoms with Gasteiger partial charge in [-0.05, 0) is 25.3 Å². The minimum absolute atomic E-state index is 0.466. The van der Waals surface area contributed by atoms with Gasteiger partial charge in [0.2, 0.25) is 5.88 Å². The number of rotatable bonds is 5. The van der Waals surface area contributed by atoms with E-state index >= 15 is 0 Å². The predicted octanol–water partition coefficient (Wildman–Crippen LogP) is 1.00. The first-order valence-electron chi connectivity index (χ1n) is 6.02. The Morgan fingerprint density at radius 3 is 3.06 bits per heavy atom. The summed E-state index contributed by atoms with van der Waals surface area (Å²) >= 11 is 0. The van der Waals surface area contributed by atoms with Gasteiger partial charge in [-0.15, -0.1) is 0 Å². The van der Waals surface area contributed by atoms with Crippen molar-refractivity contribution in [2.24, 2.45) is 5.92 Å². The summed E-state index contributed by atoms with van der Waals surface area (Å²) in [5.74, 6) is 1.17. The third kappa shape index (κ3) is 3.64. The van der Waals surface area contributed by atoms with Crippen molar-refractivity contribution in [1.82, 2.24) is 15.3 Å². The number of hydrogen-bond acceptors (Lipinski definition) is 5. The van der Waals surface area contributed by atoms with E-state index in [4.69, 9.17) is 9.47 Å². The third-order valence-corrected chi connectivity index (χ3v) is 2.92. The summed E-state index contributed by atoms with van der Waals surface area (Å²) in [5.41, 5.74) is 0.763. The molecular weight excluding hydrogens is 218 g/mol. The Labute approximate surface area is 102 Å². The molecule has 0 saturated carbocycles. The number of nitrogens with one attached hydrogen (secondary N) is 1. The highest BCUT2D eigenvalue weighted by Crippen LogP contribution is 2.14. The van der Waals surface area contributed by atoms with Crippen LogP contribution < -0.4 is 10.1 Å². The van der Waals surface area contributed by atoms with Gasteiger partial charge >= 0.3 is 0 Å². The summed E-state index contributed by atoms with van der Waals surface area (Å²) in [6.07, 6.45) is 5.75. The first-order valence-corrected chi connectivity index (χ1v) is 6.02. The molecule has 0 amide bonds. The minimum Gasteiger partial charge on any atom is -0.480 e. The number of methoxy groups -OCH3 is 1. The Morgan fingerprint density at radius 1 is 1.41 bits per heavy atom. The van der Waals surface area contributed by atoms with Crippen molar-refractivity contribution in [3.63, 3.8) is 0 Å². The molecule has 1 aromatic rings. The standard InChI is InChI=1S/C12H19N3O2/c1-16-12-11(14-5-6-15-12)9-17-8-10-3-2-4-13-7-10/h5-6,10,13H,2-4,7-9H2,1H3/t10-/m0/s1. The zero-order valence-corrected chi connectivity index (χ0v) is 10.2. The molecule has 0 bridgehead atoms. The topological polar surface area (TPSA) is 56.3 Å². The molecule has 1 aromatic heterocycles. The molecule has 1 aliphatic heterocycles. The second kappa shape index (κ2) is 6.51. The van der Waals surface area contributed by atoms with E-state index in [-0.39, 0.29) is 0 Å². The average molecular weight is 237 g/mol.